The molecule has 1 fully saturated rings. The molecule has 2 rings (SSSR count). The molecule has 1 aliphatic rings. The molecule has 1 saturated heterocycles. The molecule has 0 aromatic heterocycles. The fourth-order valence-corrected chi connectivity index (χ4v) is 2.43. The number of nitrogens with one attached hydrogen (secondary N) is 2. The van der Waals surface area contributed by atoms with E-state index in [1.165, 1.54) is 12.1 Å². The lowest BCUT2D eigenvalue weighted by atomic mass is 10.0. The highest BCUT2D eigenvalue weighted by Crippen LogP contribution is 2.34. The lowest BCUT2D eigenvalue weighted by molar-refractivity contribution is -0.138. The predicted octanol–water partition coefficient (Wildman–Crippen LogP) is 2.63. The molecule has 1 aliphatic heterocycles. The number of carbonyl (C=O) groups excluding carboxylic acids is 1. The molecule has 110 valence electrons. The second-order valence-electron chi connectivity index (χ2n) is 4.96. The number of alkyl halides is 3. The summed E-state index contributed by atoms with van der Waals surface area (Å²) in [4.78, 5) is 11.9. The fourth-order valence-electron chi connectivity index (χ4n) is 2.43. The van der Waals surface area contributed by atoms with Gasteiger partial charge in [0.05, 0.1) is 17.6 Å². The van der Waals surface area contributed by atoms with Gasteiger partial charge in [-0.1, -0.05) is 18.2 Å². The summed E-state index contributed by atoms with van der Waals surface area (Å²) in [6, 6.07) is 4.35. The van der Waals surface area contributed by atoms with Crippen LogP contribution in [0.25, 0.3) is 0 Å². The zero-order valence-electron chi connectivity index (χ0n) is 11.1. The van der Waals surface area contributed by atoms with Crippen LogP contribution in [0.3, 0.4) is 0 Å². The van der Waals surface area contributed by atoms with Crippen molar-refractivity contribution in [3.63, 3.8) is 0 Å². The lowest BCUT2D eigenvalue weighted by Gasteiger charge is -2.21. The first-order valence-electron chi connectivity index (χ1n) is 6.59. The molecule has 3 nitrogen and oxygen atoms in total. The summed E-state index contributed by atoms with van der Waals surface area (Å²) in [5.41, 5.74) is -0.612. The number of hydrogen-bond donors (Lipinski definition) is 2. The van der Waals surface area contributed by atoms with E-state index in [2.05, 4.69) is 10.6 Å². The van der Waals surface area contributed by atoms with E-state index in [0.29, 0.717) is 0 Å². The normalized spacial score (nSPS) is 20.7. The molecule has 2 unspecified atom stereocenters. The first kappa shape index (κ1) is 14.8. The van der Waals surface area contributed by atoms with Gasteiger partial charge in [-0.25, -0.2) is 0 Å². The first-order chi connectivity index (χ1) is 9.39. The molecule has 1 heterocycles. The molecule has 2 atom stereocenters. The van der Waals surface area contributed by atoms with Gasteiger partial charge in [-0.05, 0) is 37.9 Å². The summed E-state index contributed by atoms with van der Waals surface area (Å²) in [6.07, 6.45) is -2.79. The van der Waals surface area contributed by atoms with Crippen molar-refractivity contribution < 1.29 is 18.0 Å². The number of carbonyl (C=O) groups is 1. The topological polar surface area (TPSA) is 41.1 Å². The summed E-state index contributed by atoms with van der Waals surface area (Å²) in [6.45, 7) is 2.34. The Labute approximate surface area is 115 Å². The number of amides is 1. The minimum atomic E-state index is -4.42. The van der Waals surface area contributed by atoms with Gasteiger partial charge in [0.1, 0.15) is 0 Å². The standard InChI is InChI=1S/C14H17F3N2O/c1-9(19-13(20)12-7-4-8-18-12)10-5-2-3-6-11(10)14(15,16)17/h2-3,5-6,9,12,18H,4,7-8H2,1H3,(H,19,20). The van der Waals surface area contributed by atoms with Gasteiger partial charge in [0.2, 0.25) is 5.91 Å². The maximum Gasteiger partial charge on any atom is 0.416 e. The Morgan fingerprint density at radius 3 is 2.70 bits per heavy atom. The minimum absolute atomic E-state index is 0.0892. The van der Waals surface area contributed by atoms with Crippen molar-refractivity contribution >= 4 is 5.91 Å². The Morgan fingerprint density at radius 2 is 2.10 bits per heavy atom. The van der Waals surface area contributed by atoms with E-state index in [1.54, 1.807) is 13.0 Å². The van der Waals surface area contributed by atoms with E-state index >= 15 is 0 Å². The van der Waals surface area contributed by atoms with Gasteiger partial charge in [0, 0.05) is 0 Å². The van der Waals surface area contributed by atoms with Crippen LogP contribution in [0.1, 0.15) is 36.9 Å². The van der Waals surface area contributed by atoms with Crippen LogP contribution < -0.4 is 10.6 Å². The second kappa shape index (κ2) is 5.83. The van der Waals surface area contributed by atoms with Crippen molar-refractivity contribution in [2.75, 3.05) is 6.54 Å². The Balaban J connectivity index is 2.13. The van der Waals surface area contributed by atoms with Crippen LogP contribution in [0, 0.1) is 0 Å². The SMILES string of the molecule is CC(NC(=O)C1CCCN1)c1ccccc1C(F)(F)F. The first-order valence-corrected chi connectivity index (χ1v) is 6.59. The van der Waals surface area contributed by atoms with Gasteiger partial charge in [-0.15, -0.1) is 0 Å². The molecule has 0 saturated carbocycles. The fraction of sp³-hybridized carbons (Fsp3) is 0.500. The quantitative estimate of drug-likeness (QED) is 0.897. The minimum Gasteiger partial charge on any atom is -0.348 e. The van der Waals surface area contributed by atoms with E-state index < -0.39 is 17.8 Å². The molecule has 0 bridgehead atoms. The Morgan fingerprint density at radius 1 is 1.40 bits per heavy atom. The average molecular weight is 286 g/mol. The maximum atomic E-state index is 12.9. The third-order valence-corrected chi connectivity index (χ3v) is 3.47. The average Bonchev–Trinajstić information content (AvgIpc) is 2.91. The van der Waals surface area contributed by atoms with Gasteiger partial charge in [-0.3, -0.25) is 4.79 Å². The number of hydrogen-bond acceptors (Lipinski definition) is 2. The molecule has 0 spiro atoms. The Kier molecular flexibility index (Phi) is 4.32. The van der Waals surface area contributed by atoms with Crippen LogP contribution in [0.4, 0.5) is 13.2 Å². The molecular formula is C14H17F3N2O. The molecule has 1 amide bonds. The third kappa shape index (κ3) is 3.30. The lowest BCUT2D eigenvalue weighted by Crippen LogP contribution is -2.41. The van der Waals surface area contributed by atoms with Crippen molar-refractivity contribution in [3.05, 3.63) is 35.4 Å². The molecule has 20 heavy (non-hydrogen) atoms. The summed E-state index contributed by atoms with van der Waals surface area (Å²) >= 11 is 0. The molecule has 0 radical (unpaired) electrons. The zero-order valence-corrected chi connectivity index (χ0v) is 11.1. The Hall–Kier alpha value is -1.56. The van der Waals surface area contributed by atoms with E-state index in [0.717, 1.165) is 25.5 Å². The molecule has 1 aromatic carbocycles. The van der Waals surface area contributed by atoms with Crippen molar-refractivity contribution in [3.8, 4) is 0 Å². The van der Waals surface area contributed by atoms with Gasteiger partial charge >= 0.3 is 6.18 Å². The molecular weight excluding hydrogens is 269 g/mol. The number of benzene rings is 1. The third-order valence-electron chi connectivity index (χ3n) is 3.47. The van der Waals surface area contributed by atoms with Gasteiger partial charge < -0.3 is 10.6 Å². The van der Waals surface area contributed by atoms with E-state index in [4.69, 9.17) is 0 Å². The Bertz CT molecular complexity index is 482. The number of halogens is 3. The van der Waals surface area contributed by atoms with Crippen molar-refractivity contribution in [1.29, 1.82) is 0 Å². The van der Waals surface area contributed by atoms with Crippen molar-refractivity contribution in [2.24, 2.45) is 0 Å². The van der Waals surface area contributed by atoms with Crippen molar-refractivity contribution in [1.82, 2.24) is 10.6 Å². The van der Waals surface area contributed by atoms with Crippen LogP contribution in [0.5, 0.6) is 0 Å². The molecule has 1 aromatic rings. The summed E-state index contributed by atoms with van der Waals surface area (Å²) in [5.74, 6) is -0.244. The van der Waals surface area contributed by atoms with E-state index in [1.807, 2.05) is 0 Å². The molecule has 2 N–H and O–H groups in total. The number of rotatable bonds is 3. The van der Waals surface area contributed by atoms with Crippen LogP contribution in [-0.2, 0) is 11.0 Å². The highest BCUT2D eigenvalue weighted by molar-refractivity contribution is 5.82. The van der Waals surface area contributed by atoms with E-state index in [9.17, 15) is 18.0 Å². The maximum absolute atomic E-state index is 12.9. The van der Waals surface area contributed by atoms with Crippen LogP contribution in [0.15, 0.2) is 24.3 Å². The molecule has 0 aliphatic carbocycles. The predicted molar refractivity (Wildman–Crippen MR) is 69.0 cm³/mol. The van der Waals surface area contributed by atoms with Crippen LogP contribution in [-0.4, -0.2) is 18.5 Å². The van der Waals surface area contributed by atoms with Crippen molar-refractivity contribution in [2.45, 2.75) is 38.0 Å². The van der Waals surface area contributed by atoms with Gasteiger partial charge in [0.15, 0.2) is 0 Å². The second-order valence-corrected chi connectivity index (χ2v) is 4.96. The monoisotopic (exact) mass is 286 g/mol. The highest BCUT2D eigenvalue weighted by atomic mass is 19.4. The smallest absolute Gasteiger partial charge is 0.348 e. The zero-order chi connectivity index (χ0) is 14.8. The van der Waals surface area contributed by atoms with Crippen LogP contribution in [0.2, 0.25) is 0 Å². The van der Waals surface area contributed by atoms with Gasteiger partial charge in [-0.2, -0.15) is 13.2 Å². The van der Waals surface area contributed by atoms with E-state index in [-0.39, 0.29) is 17.5 Å². The van der Waals surface area contributed by atoms with Crippen LogP contribution >= 0.6 is 0 Å². The summed E-state index contributed by atoms with van der Waals surface area (Å²) < 4.78 is 38.8. The summed E-state index contributed by atoms with van der Waals surface area (Å²) in [5, 5.41) is 5.67. The largest absolute Gasteiger partial charge is 0.416 e. The summed E-state index contributed by atoms with van der Waals surface area (Å²) in [7, 11) is 0. The van der Waals surface area contributed by atoms with Gasteiger partial charge in [0.25, 0.3) is 0 Å². The molecule has 6 heteroatoms. The highest BCUT2D eigenvalue weighted by Gasteiger charge is 2.34.